The van der Waals surface area contributed by atoms with Gasteiger partial charge in [-0.15, -0.1) is 0 Å². The molecule has 26 heavy (non-hydrogen) atoms. The van der Waals surface area contributed by atoms with E-state index in [-0.39, 0.29) is 6.42 Å². The van der Waals surface area contributed by atoms with E-state index in [4.69, 9.17) is 9.47 Å². The molecule has 1 unspecified atom stereocenters. The predicted molar refractivity (Wildman–Crippen MR) is 94.1 cm³/mol. The van der Waals surface area contributed by atoms with Crippen LogP contribution in [0.5, 0.6) is 11.5 Å². The van der Waals surface area contributed by atoms with E-state index >= 15 is 0 Å². The third-order valence-corrected chi connectivity index (χ3v) is 4.35. The SMILES string of the molecule is CCc1ccc(CCOc2ccc3c(c2)OC(=O)C(C(=O)OC)C3)cn1. The Balaban J connectivity index is 1.60. The number of esters is 2. The average Bonchev–Trinajstić information content (AvgIpc) is 2.67. The molecule has 1 atom stereocenters. The molecule has 0 saturated carbocycles. The van der Waals surface area contributed by atoms with Gasteiger partial charge < -0.3 is 14.2 Å². The number of benzene rings is 1. The van der Waals surface area contributed by atoms with E-state index in [0.717, 1.165) is 29.7 Å². The monoisotopic (exact) mass is 355 g/mol. The normalized spacial score (nSPS) is 15.8. The fourth-order valence-corrected chi connectivity index (χ4v) is 2.79. The van der Waals surface area contributed by atoms with Crippen LogP contribution in [0.3, 0.4) is 0 Å². The average molecular weight is 355 g/mol. The lowest BCUT2D eigenvalue weighted by atomic mass is 9.96. The smallest absolute Gasteiger partial charge is 0.326 e. The zero-order valence-corrected chi connectivity index (χ0v) is 14.9. The molecular formula is C20H21NO5. The van der Waals surface area contributed by atoms with E-state index in [1.54, 1.807) is 6.07 Å². The second-order valence-corrected chi connectivity index (χ2v) is 6.08. The maximum absolute atomic E-state index is 11.9. The Morgan fingerprint density at radius 2 is 2.15 bits per heavy atom. The number of hydrogen-bond donors (Lipinski definition) is 0. The van der Waals surface area contributed by atoms with Crippen LogP contribution in [0.15, 0.2) is 36.5 Å². The fourth-order valence-electron chi connectivity index (χ4n) is 2.79. The van der Waals surface area contributed by atoms with Gasteiger partial charge in [0, 0.05) is 30.8 Å². The zero-order valence-electron chi connectivity index (χ0n) is 14.9. The van der Waals surface area contributed by atoms with Crippen LogP contribution in [0.1, 0.15) is 23.7 Å². The molecule has 136 valence electrons. The first-order valence-corrected chi connectivity index (χ1v) is 8.59. The van der Waals surface area contributed by atoms with E-state index in [0.29, 0.717) is 18.1 Å². The third-order valence-electron chi connectivity index (χ3n) is 4.35. The number of carbonyl (C=O) groups is 2. The van der Waals surface area contributed by atoms with Gasteiger partial charge in [0.15, 0.2) is 5.92 Å². The van der Waals surface area contributed by atoms with Crippen LogP contribution in [-0.2, 0) is 33.6 Å². The quantitative estimate of drug-likeness (QED) is 0.450. The molecule has 1 aliphatic heterocycles. The molecule has 0 spiro atoms. The molecule has 0 N–H and O–H groups in total. The number of pyridine rings is 1. The molecule has 0 radical (unpaired) electrons. The van der Waals surface area contributed by atoms with E-state index in [9.17, 15) is 9.59 Å². The van der Waals surface area contributed by atoms with Gasteiger partial charge >= 0.3 is 11.9 Å². The van der Waals surface area contributed by atoms with Crippen LogP contribution in [-0.4, -0.2) is 30.6 Å². The highest BCUT2D eigenvalue weighted by Crippen LogP contribution is 2.32. The van der Waals surface area contributed by atoms with E-state index in [1.165, 1.54) is 7.11 Å². The summed E-state index contributed by atoms with van der Waals surface area (Å²) in [7, 11) is 1.26. The van der Waals surface area contributed by atoms with E-state index in [2.05, 4.69) is 22.7 Å². The van der Waals surface area contributed by atoms with Crippen molar-refractivity contribution in [3.63, 3.8) is 0 Å². The number of nitrogens with zero attached hydrogens (tertiary/aromatic N) is 1. The summed E-state index contributed by atoms with van der Waals surface area (Å²) in [6.07, 6.45) is 3.79. The highest BCUT2D eigenvalue weighted by Gasteiger charge is 2.35. The van der Waals surface area contributed by atoms with Gasteiger partial charge in [0.2, 0.25) is 0 Å². The van der Waals surface area contributed by atoms with E-state index < -0.39 is 17.9 Å². The Hall–Kier alpha value is -2.89. The van der Waals surface area contributed by atoms with Gasteiger partial charge in [-0.1, -0.05) is 19.1 Å². The van der Waals surface area contributed by atoms with Crippen molar-refractivity contribution in [1.29, 1.82) is 0 Å². The van der Waals surface area contributed by atoms with Crippen LogP contribution in [0.4, 0.5) is 0 Å². The molecule has 0 fully saturated rings. The van der Waals surface area contributed by atoms with Gasteiger partial charge in [-0.05, 0) is 29.7 Å². The second kappa shape index (κ2) is 7.99. The van der Waals surface area contributed by atoms with Gasteiger partial charge in [0.05, 0.1) is 13.7 Å². The Morgan fingerprint density at radius 1 is 1.31 bits per heavy atom. The molecule has 0 saturated heterocycles. The van der Waals surface area contributed by atoms with Gasteiger partial charge in [-0.2, -0.15) is 0 Å². The van der Waals surface area contributed by atoms with Crippen molar-refractivity contribution in [2.45, 2.75) is 26.2 Å². The van der Waals surface area contributed by atoms with Crippen LogP contribution < -0.4 is 9.47 Å². The molecule has 3 rings (SSSR count). The summed E-state index contributed by atoms with van der Waals surface area (Å²) in [5.74, 6) is -1.03. The summed E-state index contributed by atoms with van der Waals surface area (Å²) < 4.78 is 15.7. The molecule has 1 aromatic heterocycles. The minimum Gasteiger partial charge on any atom is -0.493 e. The summed E-state index contributed by atoms with van der Waals surface area (Å²) in [5.41, 5.74) is 2.95. The molecule has 2 aromatic rings. The lowest BCUT2D eigenvalue weighted by Crippen LogP contribution is -2.34. The number of aromatic nitrogens is 1. The summed E-state index contributed by atoms with van der Waals surface area (Å²) in [6, 6.07) is 9.37. The van der Waals surface area contributed by atoms with Crippen molar-refractivity contribution in [3.05, 3.63) is 53.3 Å². The molecular weight excluding hydrogens is 334 g/mol. The molecule has 2 heterocycles. The van der Waals surface area contributed by atoms with Crippen molar-refractivity contribution in [1.82, 2.24) is 4.98 Å². The molecule has 6 nitrogen and oxygen atoms in total. The number of methoxy groups -OCH3 is 1. The van der Waals surface area contributed by atoms with Crippen LogP contribution in [0.25, 0.3) is 0 Å². The first-order chi connectivity index (χ1) is 12.6. The molecule has 0 bridgehead atoms. The Morgan fingerprint density at radius 3 is 2.85 bits per heavy atom. The van der Waals surface area contributed by atoms with E-state index in [1.807, 2.05) is 24.4 Å². The summed E-state index contributed by atoms with van der Waals surface area (Å²) in [5, 5.41) is 0. The number of hydrogen-bond acceptors (Lipinski definition) is 6. The summed E-state index contributed by atoms with van der Waals surface area (Å²) in [6.45, 7) is 2.56. The first kappa shape index (κ1) is 17.9. The molecule has 1 aliphatic rings. The Kier molecular flexibility index (Phi) is 5.51. The second-order valence-electron chi connectivity index (χ2n) is 6.08. The van der Waals surface area contributed by atoms with Crippen molar-refractivity contribution in [3.8, 4) is 11.5 Å². The fraction of sp³-hybridized carbons (Fsp3) is 0.350. The highest BCUT2D eigenvalue weighted by atomic mass is 16.6. The molecule has 0 aliphatic carbocycles. The third kappa shape index (κ3) is 4.02. The molecule has 0 amide bonds. The van der Waals surface area contributed by atoms with Crippen molar-refractivity contribution in [2.24, 2.45) is 5.92 Å². The topological polar surface area (TPSA) is 74.7 Å². The van der Waals surface area contributed by atoms with Gasteiger partial charge in [-0.25, -0.2) is 0 Å². The Bertz CT molecular complexity index is 800. The zero-order chi connectivity index (χ0) is 18.5. The minimum absolute atomic E-state index is 0.274. The van der Waals surface area contributed by atoms with Crippen LogP contribution in [0, 0.1) is 5.92 Å². The molecule has 6 heteroatoms. The predicted octanol–water partition coefficient (Wildman–Crippen LogP) is 2.52. The number of carbonyl (C=O) groups excluding carboxylic acids is 2. The number of fused-ring (bicyclic) bond motifs is 1. The number of ether oxygens (including phenoxy) is 3. The van der Waals surface area contributed by atoms with Gasteiger partial charge in [-0.3, -0.25) is 14.6 Å². The number of aryl methyl sites for hydroxylation is 1. The Labute approximate surface area is 152 Å². The minimum atomic E-state index is -0.905. The van der Waals surface area contributed by atoms with Gasteiger partial charge in [0.1, 0.15) is 11.5 Å². The van der Waals surface area contributed by atoms with Crippen molar-refractivity contribution >= 4 is 11.9 Å². The van der Waals surface area contributed by atoms with Gasteiger partial charge in [0.25, 0.3) is 0 Å². The lowest BCUT2D eigenvalue weighted by molar-refractivity contribution is -0.156. The van der Waals surface area contributed by atoms with Crippen molar-refractivity contribution < 1.29 is 23.8 Å². The maximum Gasteiger partial charge on any atom is 0.326 e. The first-order valence-electron chi connectivity index (χ1n) is 8.59. The summed E-state index contributed by atoms with van der Waals surface area (Å²) >= 11 is 0. The number of rotatable bonds is 6. The lowest BCUT2D eigenvalue weighted by Gasteiger charge is -2.22. The summed E-state index contributed by atoms with van der Waals surface area (Å²) in [4.78, 5) is 27.9. The van der Waals surface area contributed by atoms with Crippen molar-refractivity contribution in [2.75, 3.05) is 13.7 Å². The standard InChI is InChI=1S/C20H21NO5/c1-3-15-6-4-13(12-21-15)8-9-25-16-7-5-14-10-17(19(22)24-2)20(23)26-18(14)11-16/h4-7,11-12,17H,3,8-10H2,1-2H3. The molecule has 1 aromatic carbocycles. The maximum atomic E-state index is 11.9. The largest absolute Gasteiger partial charge is 0.493 e. The highest BCUT2D eigenvalue weighted by molar-refractivity contribution is 5.97. The van der Waals surface area contributed by atoms with Crippen LogP contribution in [0.2, 0.25) is 0 Å². The van der Waals surface area contributed by atoms with Crippen LogP contribution >= 0.6 is 0 Å².